The number of rotatable bonds is 4. The molecule has 1 aromatic heterocycles. The first kappa shape index (κ1) is 11.4. The van der Waals surface area contributed by atoms with Gasteiger partial charge in [-0.3, -0.25) is 0 Å². The number of aromatic nitrogens is 1. The Labute approximate surface area is 89.1 Å². The van der Waals surface area contributed by atoms with Gasteiger partial charge in [-0.05, 0) is 19.9 Å². The lowest BCUT2D eigenvalue weighted by Crippen LogP contribution is -2.27. The van der Waals surface area contributed by atoms with Gasteiger partial charge in [0.25, 0.3) is 0 Å². The Morgan fingerprint density at radius 1 is 1.57 bits per heavy atom. The third kappa shape index (κ3) is 3.25. The van der Waals surface area contributed by atoms with Crippen molar-refractivity contribution in [1.29, 1.82) is 0 Å². The molecule has 1 rings (SSSR count). The molecule has 1 aromatic rings. The first-order valence-electron chi connectivity index (χ1n) is 4.63. The van der Waals surface area contributed by atoms with Crippen molar-refractivity contribution in [3.63, 3.8) is 0 Å². The highest BCUT2D eigenvalue weighted by Gasteiger charge is 2.09. The predicted molar refractivity (Wildman–Crippen MR) is 57.3 cm³/mol. The molecule has 0 aliphatic heterocycles. The molecule has 0 saturated carbocycles. The van der Waals surface area contributed by atoms with E-state index in [1.165, 1.54) is 0 Å². The van der Waals surface area contributed by atoms with E-state index in [4.69, 9.17) is 16.7 Å². The number of nitrogens with one attached hydrogen (secondary N) is 1. The zero-order valence-electron chi connectivity index (χ0n) is 8.37. The molecule has 2 unspecified atom stereocenters. The second kappa shape index (κ2) is 5.29. The maximum absolute atomic E-state index is 9.11. The number of hydrogen-bond acceptors (Lipinski definition) is 3. The summed E-state index contributed by atoms with van der Waals surface area (Å²) >= 11 is 5.92. The molecule has 0 amide bonds. The van der Waals surface area contributed by atoms with Crippen LogP contribution in [0.2, 0.25) is 5.15 Å². The van der Waals surface area contributed by atoms with Gasteiger partial charge in [-0.15, -0.1) is 0 Å². The summed E-state index contributed by atoms with van der Waals surface area (Å²) in [6.07, 6.45) is 1.31. The second-order valence-corrected chi connectivity index (χ2v) is 3.72. The van der Waals surface area contributed by atoms with Crippen molar-refractivity contribution >= 4 is 11.6 Å². The smallest absolute Gasteiger partial charge is 0.133 e. The zero-order chi connectivity index (χ0) is 10.6. The van der Waals surface area contributed by atoms with Crippen LogP contribution in [0, 0.1) is 0 Å². The summed E-state index contributed by atoms with van der Waals surface area (Å²) in [6.45, 7) is 4.28. The summed E-state index contributed by atoms with van der Waals surface area (Å²) in [4.78, 5) is 3.99. The van der Waals surface area contributed by atoms with Crippen LogP contribution in [0.15, 0.2) is 18.3 Å². The molecule has 78 valence electrons. The van der Waals surface area contributed by atoms with E-state index in [2.05, 4.69) is 10.3 Å². The Kier molecular flexibility index (Phi) is 4.32. The van der Waals surface area contributed by atoms with Crippen LogP contribution in [0.1, 0.15) is 25.5 Å². The molecule has 1 heterocycles. The molecular formula is C10H15ClN2O. The molecule has 0 aliphatic carbocycles. The Bertz CT molecular complexity index is 291. The van der Waals surface area contributed by atoms with E-state index in [1.54, 1.807) is 13.1 Å². The van der Waals surface area contributed by atoms with Gasteiger partial charge >= 0.3 is 0 Å². The topological polar surface area (TPSA) is 45.1 Å². The van der Waals surface area contributed by atoms with Crippen LogP contribution in [0.3, 0.4) is 0 Å². The van der Waals surface area contributed by atoms with E-state index in [0.717, 1.165) is 5.56 Å². The van der Waals surface area contributed by atoms with Crippen molar-refractivity contribution < 1.29 is 5.11 Å². The van der Waals surface area contributed by atoms with E-state index in [1.807, 2.05) is 19.1 Å². The van der Waals surface area contributed by atoms with Gasteiger partial charge in [-0.2, -0.15) is 0 Å². The van der Waals surface area contributed by atoms with Gasteiger partial charge in [0.15, 0.2) is 0 Å². The molecule has 0 bridgehead atoms. The van der Waals surface area contributed by atoms with Crippen molar-refractivity contribution in [1.82, 2.24) is 10.3 Å². The van der Waals surface area contributed by atoms with Crippen LogP contribution >= 0.6 is 11.6 Å². The minimum absolute atomic E-state index is 0.103. The first-order valence-corrected chi connectivity index (χ1v) is 5.01. The highest BCUT2D eigenvalue weighted by atomic mass is 35.5. The molecule has 3 nitrogen and oxygen atoms in total. The number of halogens is 1. The normalized spacial score (nSPS) is 15.1. The summed E-state index contributed by atoms with van der Waals surface area (Å²) in [5, 5.41) is 12.8. The van der Waals surface area contributed by atoms with E-state index in [0.29, 0.717) is 11.7 Å². The molecule has 4 heteroatoms. The van der Waals surface area contributed by atoms with Crippen LogP contribution in [0.4, 0.5) is 0 Å². The number of pyridine rings is 1. The van der Waals surface area contributed by atoms with Gasteiger partial charge in [0, 0.05) is 24.3 Å². The van der Waals surface area contributed by atoms with Crippen molar-refractivity contribution in [3.05, 3.63) is 29.0 Å². The molecule has 0 saturated heterocycles. The molecule has 0 spiro atoms. The number of nitrogens with zero attached hydrogens (tertiary/aromatic N) is 1. The van der Waals surface area contributed by atoms with Gasteiger partial charge in [-0.25, -0.2) is 4.98 Å². The van der Waals surface area contributed by atoms with Gasteiger partial charge < -0.3 is 10.4 Å². The van der Waals surface area contributed by atoms with Crippen molar-refractivity contribution in [3.8, 4) is 0 Å². The summed E-state index contributed by atoms with van der Waals surface area (Å²) in [5.41, 5.74) is 0.954. The molecule has 0 aromatic carbocycles. The molecule has 0 aliphatic rings. The minimum Gasteiger partial charge on any atom is -0.392 e. The van der Waals surface area contributed by atoms with Crippen LogP contribution < -0.4 is 5.32 Å². The lowest BCUT2D eigenvalue weighted by molar-refractivity contribution is 0.187. The third-order valence-corrected chi connectivity index (χ3v) is 2.29. The molecule has 14 heavy (non-hydrogen) atoms. The minimum atomic E-state index is -0.354. The molecular weight excluding hydrogens is 200 g/mol. The fourth-order valence-corrected chi connectivity index (χ4v) is 1.46. The summed E-state index contributed by atoms with van der Waals surface area (Å²) in [5.74, 6) is 0. The van der Waals surface area contributed by atoms with Gasteiger partial charge in [0.1, 0.15) is 5.15 Å². The molecule has 2 atom stereocenters. The van der Waals surface area contributed by atoms with Crippen molar-refractivity contribution in [2.75, 3.05) is 6.54 Å². The largest absolute Gasteiger partial charge is 0.392 e. The Hall–Kier alpha value is -0.640. The van der Waals surface area contributed by atoms with Gasteiger partial charge in [-0.1, -0.05) is 17.7 Å². The fourth-order valence-electron chi connectivity index (χ4n) is 1.18. The highest BCUT2D eigenvalue weighted by Crippen LogP contribution is 2.19. The predicted octanol–water partition coefficient (Wildman–Crippen LogP) is 1.77. The molecule has 0 fully saturated rings. The van der Waals surface area contributed by atoms with Gasteiger partial charge in [0.2, 0.25) is 0 Å². The Morgan fingerprint density at radius 2 is 2.29 bits per heavy atom. The molecule has 2 N–H and O–H groups in total. The molecule has 0 radical (unpaired) electrons. The summed E-state index contributed by atoms with van der Waals surface area (Å²) in [6, 6.07) is 3.88. The van der Waals surface area contributed by atoms with Crippen LogP contribution in [-0.4, -0.2) is 22.7 Å². The standard InChI is InChI=1S/C10H15ClN2O/c1-7(14)6-13-8(2)9-4-3-5-12-10(9)11/h3-5,7-8,13-14H,6H2,1-2H3. The average molecular weight is 215 g/mol. The van der Waals surface area contributed by atoms with Gasteiger partial charge in [0.05, 0.1) is 6.10 Å². The summed E-state index contributed by atoms with van der Waals surface area (Å²) in [7, 11) is 0. The summed E-state index contributed by atoms with van der Waals surface area (Å²) < 4.78 is 0. The van der Waals surface area contributed by atoms with E-state index in [9.17, 15) is 0 Å². The van der Waals surface area contributed by atoms with E-state index in [-0.39, 0.29) is 12.1 Å². The average Bonchev–Trinajstić information content (AvgIpc) is 2.15. The number of aliphatic hydroxyl groups is 1. The Morgan fingerprint density at radius 3 is 2.86 bits per heavy atom. The maximum Gasteiger partial charge on any atom is 0.133 e. The number of aliphatic hydroxyl groups excluding tert-OH is 1. The zero-order valence-corrected chi connectivity index (χ0v) is 9.12. The maximum atomic E-state index is 9.11. The lowest BCUT2D eigenvalue weighted by Gasteiger charge is -2.15. The Balaban J connectivity index is 2.60. The third-order valence-electron chi connectivity index (χ3n) is 1.97. The fraction of sp³-hybridized carbons (Fsp3) is 0.500. The SMILES string of the molecule is CC(O)CNC(C)c1cccnc1Cl. The van der Waals surface area contributed by atoms with Crippen LogP contribution in [0.5, 0.6) is 0 Å². The van der Waals surface area contributed by atoms with Crippen LogP contribution in [-0.2, 0) is 0 Å². The lowest BCUT2D eigenvalue weighted by atomic mass is 10.1. The van der Waals surface area contributed by atoms with Crippen LogP contribution in [0.25, 0.3) is 0 Å². The monoisotopic (exact) mass is 214 g/mol. The van der Waals surface area contributed by atoms with E-state index >= 15 is 0 Å². The quantitative estimate of drug-likeness (QED) is 0.751. The number of hydrogen-bond donors (Lipinski definition) is 2. The van der Waals surface area contributed by atoms with E-state index < -0.39 is 0 Å². The second-order valence-electron chi connectivity index (χ2n) is 3.36. The first-order chi connectivity index (χ1) is 6.61. The van der Waals surface area contributed by atoms with Crippen molar-refractivity contribution in [2.45, 2.75) is 26.0 Å². The van der Waals surface area contributed by atoms with Crippen molar-refractivity contribution in [2.24, 2.45) is 0 Å². The highest BCUT2D eigenvalue weighted by molar-refractivity contribution is 6.30.